The molecule has 0 bridgehead atoms. The van der Waals surface area contributed by atoms with Gasteiger partial charge in [0.05, 0.1) is 22.0 Å². The highest BCUT2D eigenvalue weighted by Gasteiger charge is 2.20. The summed E-state index contributed by atoms with van der Waals surface area (Å²) in [7, 11) is 0. The molecule has 1 atom stereocenters. The highest BCUT2D eigenvalue weighted by atomic mass is 79.9. The predicted octanol–water partition coefficient (Wildman–Crippen LogP) is 2.22. The van der Waals surface area contributed by atoms with Gasteiger partial charge in [-0.1, -0.05) is 15.9 Å². The van der Waals surface area contributed by atoms with Crippen molar-refractivity contribution in [3.8, 4) is 6.07 Å². The van der Waals surface area contributed by atoms with Gasteiger partial charge in [-0.3, -0.25) is 4.79 Å². The SMILES string of the molecule is CC(Br)C(=O)c1cc(C#N)ccc1C(=O)O. The number of rotatable bonds is 3. The number of carboxylic acid groups (broad SMARTS) is 1. The number of benzene rings is 1. The summed E-state index contributed by atoms with van der Waals surface area (Å²) in [4.78, 5) is 22.1. The number of Topliss-reactive ketones (excluding diaryl/α,β-unsaturated/α-hetero) is 1. The Morgan fingerprint density at radius 3 is 2.50 bits per heavy atom. The first-order valence-electron chi connectivity index (χ1n) is 4.43. The molecule has 0 aliphatic rings. The molecule has 82 valence electrons. The quantitative estimate of drug-likeness (QED) is 0.681. The van der Waals surface area contributed by atoms with E-state index in [-0.39, 0.29) is 22.5 Å². The van der Waals surface area contributed by atoms with E-state index in [0.29, 0.717) is 0 Å². The zero-order valence-corrected chi connectivity index (χ0v) is 9.98. The molecule has 0 saturated heterocycles. The second-order valence-electron chi connectivity index (χ2n) is 3.16. The third-order valence-corrected chi connectivity index (χ3v) is 2.42. The van der Waals surface area contributed by atoms with Crippen molar-refractivity contribution in [2.45, 2.75) is 11.8 Å². The fourth-order valence-corrected chi connectivity index (χ4v) is 1.47. The third kappa shape index (κ3) is 2.47. The van der Waals surface area contributed by atoms with Crippen molar-refractivity contribution in [1.82, 2.24) is 0 Å². The normalized spacial score (nSPS) is 11.6. The number of aromatic carboxylic acids is 1. The molecule has 1 rings (SSSR count). The number of hydrogen-bond donors (Lipinski definition) is 1. The molecule has 1 unspecified atom stereocenters. The lowest BCUT2D eigenvalue weighted by Crippen LogP contribution is -2.15. The Labute approximate surface area is 101 Å². The summed E-state index contributed by atoms with van der Waals surface area (Å²) in [6.45, 7) is 1.60. The Hall–Kier alpha value is -1.67. The summed E-state index contributed by atoms with van der Waals surface area (Å²) in [5.41, 5.74) is 0.229. The van der Waals surface area contributed by atoms with Crippen LogP contribution in [-0.4, -0.2) is 21.7 Å². The van der Waals surface area contributed by atoms with E-state index in [2.05, 4.69) is 15.9 Å². The van der Waals surface area contributed by atoms with Crippen LogP contribution >= 0.6 is 15.9 Å². The smallest absolute Gasteiger partial charge is 0.336 e. The van der Waals surface area contributed by atoms with Crippen molar-refractivity contribution in [3.63, 3.8) is 0 Å². The van der Waals surface area contributed by atoms with Crippen molar-refractivity contribution in [1.29, 1.82) is 5.26 Å². The van der Waals surface area contributed by atoms with Crippen molar-refractivity contribution in [2.24, 2.45) is 0 Å². The average Bonchev–Trinajstić information content (AvgIpc) is 2.26. The van der Waals surface area contributed by atoms with E-state index in [0.717, 1.165) is 0 Å². The van der Waals surface area contributed by atoms with Crippen molar-refractivity contribution in [3.05, 3.63) is 34.9 Å². The van der Waals surface area contributed by atoms with E-state index in [1.807, 2.05) is 6.07 Å². The minimum atomic E-state index is -1.18. The van der Waals surface area contributed by atoms with Crippen LogP contribution in [0.15, 0.2) is 18.2 Å². The predicted molar refractivity (Wildman–Crippen MR) is 60.8 cm³/mol. The van der Waals surface area contributed by atoms with E-state index in [9.17, 15) is 9.59 Å². The number of carbonyl (C=O) groups excluding carboxylic acids is 1. The van der Waals surface area contributed by atoms with Gasteiger partial charge in [-0.2, -0.15) is 5.26 Å². The maximum Gasteiger partial charge on any atom is 0.336 e. The van der Waals surface area contributed by atoms with Crippen LogP contribution in [0.3, 0.4) is 0 Å². The molecule has 0 aromatic heterocycles. The zero-order valence-electron chi connectivity index (χ0n) is 8.40. The highest BCUT2D eigenvalue weighted by molar-refractivity contribution is 9.10. The molecule has 0 amide bonds. The van der Waals surface area contributed by atoms with Gasteiger partial charge in [0.25, 0.3) is 0 Å². The molecule has 0 fully saturated rings. The van der Waals surface area contributed by atoms with Crippen molar-refractivity contribution < 1.29 is 14.7 Å². The van der Waals surface area contributed by atoms with Crippen LogP contribution in [0, 0.1) is 11.3 Å². The van der Waals surface area contributed by atoms with E-state index in [4.69, 9.17) is 10.4 Å². The Kier molecular flexibility index (Phi) is 3.80. The topological polar surface area (TPSA) is 78.2 Å². The second kappa shape index (κ2) is 4.90. The fraction of sp³-hybridized carbons (Fsp3) is 0.182. The van der Waals surface area contributed by atoms with Crippen LogP contribution in [-0.2, 0) is 0 Å². The second-order valence-corrected chi connectivity index (χ2v) is 4.53. The van der Waals surface area contributed by atoms with Crippen LogP contribution in [0.25, 0.3) is 0 Å². The summed E-state index contributed by atoms with van der Waals surface area (Å²) < 4.78 is 0. The lowest BCUT2D eigenvalue weighted by molar-refractivity contribution is 0.0692. The lowest BCUT2D eigenvalue weighted by atomic mass is 9.99. The molecule has 1 aromatic carbocycles. The van der Waals surface area contributed by atoms with Gasteiger partial charge in [-0.25, -0.2) is 4.79 Å². The molecule has 5 heteroatoms. The molecule has 0 saturated carbocycles. The Balaban J connectivity index is 3.38. The van der Waals surface area contributed by atoms with Gasteiger partial charge >= 0.3 is 5.97 Å². The maximum atomic E-state index is 11.7. The number of nitriles is 1. The van der Waals surface area contributed by atoms with Gasteiger partial charge in [-0.15, -0.1) is 0 Å². The molecular formula is C11H8BrNO3. The number of carbonyl (C=O) groups is 2. The molecule has 0 spiro atoms. The first-order chi connectivity index (χ1) is 7.47. The molecule has 1 aromatic rings. The molecule has 0 radical (unpaired) electrons. The number of carboxylic acids is 1. The van der Waals surface area contributed by atoms with Gasteiger partial charge in [0, 0.05) is 5.56 Å². The van der Waals surface area contributed by atoms with Crippen LogP contribution in [0.4, 0.5) is 0 Å². The number of nitrogens with zero attached hydrogens (tertiary/aromatic N) is 1. The number of halogens is 1. The Morgan fingerprint density at radius 1 is 1.44 bits per heavy atom. The van der Waals surface area contributed by atoms with Crippen LogP contribution in [0.1, 0.15) is 33.2 Å². The summed E-state index contributed by atoms with van der Waals surface area (Å²) in [5.74, 6) is -1.53. The summed E-state index contributed by atoms with van der Waals surface area (Å²) in [6.07, 6.45) is 0. The fourth-order valence-electron chi connectivity index (χ4n) is 1.22. The van der Waals surface area contributed by atoms with Gasteiger partial charge in [-0.05, 0) is 25.1 Å². The Morgan fingerprint density at radius 2 is 2.06 bits per heavy atom. The Bertz CT molecular complexity index is 488. The van der Waals surface area contributed by atoms with Crippen molar-refractivity contribution in [2.75, 3.05) is 0 Å². The minimum Gasteiger partial charge on any atom is -0.478 e. The van der Waals surface area contributed by atoms with E-state index < -0.39 is 10.8 Å². The largest absolute Gasteiger partial charge is 0.478 e. The lowest BCUT2D eigenvalue weighted by Gasteiger charge is -2.06. The van der Waals surface area contributed by atoms with E-state index >= 15 is 0 Å². The molecule has 1 N–H and O–H groups in total. The molecule has 0 heterocycles. The number of ketones is 1. The summed E-state index contributed by atoms with van der Waals surface area (Å²) in [5, 5.41) is 17.6. The van der Waals surface area contributed by atoms with Gasteiger partial charge in [0.2, 0.25) is 0 Å². The van der Waals surface area contributed by atoms with Gasteiger partial charge < -0.3 is 5.11 Å². The highest BCUT2D eigenvalue weighted by Crippen LogP contribution is 2.17. The number of alkyl halides is 1. The number of hydrogen-bond acceptors (Lipinski definition) is 3. The van der Waals surface area contributed by atoms with Crippen LogP contribution in [0.5, 0.6) is 0 Å². The van der Waals surface area contributed by atoms with Crippen LogP contribution in [0.2, 0.25) is 0 Å². The molecule has 0 aliphatic heterocycles. The average molecular weight is 282 g/mol. The van der Waals surface area contributed by atoms with E-state index in [1.54, 1.807) is 6.92 Å². The first-order valence-corrected chi connectivity index (χ1v) is 5.34. The minimum absolute atomic E-state index is 0.0518. The maximum absolute atomic E-state index is 11.7. The summed E-state index contributed by atoms with van der Waals surface area (Å²) >= 11 is 3.08. The van der Waals surface area contributed by atoms with Gasteiger partial charge in [0.1, 0.15) is 0 Å². The molecule has 4 nitrogen and oxygen atoms in total. The van der Waals surface area contributed by atoms with Crippen molar-refractivity contribution >= 4 is 27.7 Å². The van der Waals surface area contributed by atoms with Crippen LogP contribution < -0.4 is 0 Å². The first kappa shape index (κ1) is 12.4. The summed E-state index contributed by atoms with van der Waals surface area (Å²) in [6, 6.07) is 5.80. The third-order valence-electron chi connectivity index (χ3n) is 2.01. The molecule has 0 aliphatic carbocycles. The zero-order chi connectivity index (χ0) is 12.3. The monoisotopic (exact) mass is 281 g/mol. The van der Waals surface area contributed by atoms with Gasteiger partial charge in [0.15, 0.2) is 5.78 Å². The molecular weight excluding hydrogens is 274 g/mol. The standard InChI is InChI=1S/C11H8BrNO3/c1-6(12)10(14)9-4-7(5-13)2-3-8(9)11(15)16/h2-4,6H,1H3,(H,15,16). The van der Waals surface area contributed by atoms with E-state index in [1.165, 1.54) is 18.2 Å². The molecule has 16 heavy (non-hydrogen) atoms.